The van der Waals surface area contributed by atoms with E-state index in [0.29, 0.717) is 23.6 Å². The number of halogens is 1. The highest BCUT2D eigenvalue weighted by Gasteiger charge is 2.41. The van der Waals surface area contributed by atoms with Gasteiger partial charge in [0.25, 0.3) is 5.91 Å². The van der Waals surface area contributed by atoms with Crippen LogP contribution in [0.5, 0.6) is 0 Å². The number of rotatable bonds is 4. The molecule has 2 aromatic rings. The van der Waals surface area contributed by atoms with Gasteiger partial charge >= 0.3 is 5.97 Å². The summed E-state index contributed by atoms with van der Waals surface area (Å²) in [5, 5.41) is 20.4. The van der Waals surface area contributed by atoms with E-state index in [0.717, 1.165) is 19.3 Å². The molecule has 0 spiro atoms. The highest BCUT2D eigenvalue weighted by molar-refractivity contribution is 6.32. The van der Waals surface area contributed by atoms with E-state index in [1.54, 1.807) is 24.3 Å². The Kier molecular flexibility index (Phi) is 4.53. The molecule has 0 radical (unpaired) electrons. The molecule has 1 aliphatic rings. The van der Waals surface area contributed by atoms with Gasteiger partial charge in [-0.05, 0) is 25.0 Å². The lowest BCUT2D eigenvalue weighted by molar-refractivity contribution is -0.145. The summed E-state index contributed by atoms with van der Waals surface area (Å²) in [4.78, 5) is 24.1. The number of carbonyl (C=O) groups excluding carboxylic acids is 1. The molecule has 0 unspecified atom stereocenters. The molecule has 1 aromatic carbocycles. The van der Waals surface area contributed by atoms with Crippen LogP contribution in [-0.4, -0.2) is 37.5 Å². The van der Waals surface area contributed by atoms with Gasteiger partial charge in [-0.25, -0.2) is 9.48 Å². The van der Waals surface area contributed by atoms with Crippen molar-refractivity contribution in [2.45, 2.75) is 37.6 Å². The number of hydrogen-bond acceptors (Lipinski definition) is 4. The quantitative estimate of drug-likeness (QED) is 0.884. The van der Waals surface area contributed by atoms with Crippen molar-refractivity contribution in [3.8, 4) is 5.69 Å². The van der Waals surface area contributed by atoms with Crippen molar-refractivity contribution < 1.29 is 14.7 Å². The van der Waals surface area contributed by atoms with Crippen LogP contribution in [0.1, 0.15) is 42.6 Å². The minimum Gasteiger partial charge on any atom is -0.480 e. The summed E-state index contributed by atoms with van der Waals surface area (Å²) in [6, 6.07) is 7.04. The summed E-state index contributed by atoms with van der Waals surface area (Å²) in [6.07, 6.45) is 4.82. The van der Waals surface area contributed by atoms with Gasteiger partial charge in [0, 0.05) is 0 Å². The topological polar surface area (TPSA) is 97.1 Å². The number of carbonyl (C=O) groups is 2. The first-order chi connectivity index (χ1) is 11.5. The van der Waals surface area contributed by atoms with Crippen molar-refractivity contribution in [1.29, 1.82) is 0 Å². The van der Waals surface area contributed by atoms with Crippen LogP contribution in [0, 0.1) is 0 Å². The predicted octanol–water partition coefficient (Wildman–Crippen LogP) is 2.44. The fraction of sp³-hybridized carbons (Fsp3) is 0.375. The van der Waals surface area contributed by atoms with Crippen molar-refractivity contribution in [1.82, 2.24) is 20.3 Å². The molecule has 0 aliphatic heterocycles. The van der Waals surface area contributed by atoms with Gasteiger partial charge in [0.05, 0.1) is 16.9 Å². The monoisotopic (exact) mass is 348 g/mol. The van der Waals surface area contributed by atoms with Crippen LogP contribution < -0.4 is 5.32 Å². The van der Waals surface area contributed by atoms with E-state index in [4.69, 9.17) is 11.6 Å². The SMILES string of the molecule is O=C(NC1(C(=O)O)CCCCC1)c1cn(-c2ccccc2Cl)nn1. The Hall–Kier alpha value is -2.41. The van der Waals surface area contributed by atoms with Gasteiger partial charge in [-0.1, -0.05) is 48.2 Å². The van der Waals surface area contributed by atoms with E-state index in [2.05, 4.69) is 15.6 Å². The number of aromatic nitrogens is 3. The van der Waals surface area contributed by atoms with Crippen molar-refractivity contribution in [3.63, 3.8) is 0 Å². The average molecular weight is 349 g/mol. The molecule has 1 aliphatic carbocycles. The summed E-state index contributed by atoms with van der Waals surface area (Å²) >= 11 is 6.10. The Morgan fingerprint density at radius 3 is 2.58 bits per heavy atom. The second-order valence-electron chi connectivity index (χ2n) is 5.90. The van der Waals surface area contributed by atoms with Gasteiger partial charge in [0.2, 0.25) is 0 Å². The van der Waals surface area contributed by atoms with Crippen LogP contribution in [0.15, 0.2) is 30.5 Å². The van der Waals surface area contributed by atoms with Gasteiger partial charge in [0.15, 0.2) is 5.69 Å². The summed E-state index contributed by atoms with van der Waals surface area (Å²) in [7, 11) is 0. The first kappa shape index (κ1) is 16.4. The van der Waals surface area contributed by atoms with Crippen LogP contribution in [0.4, 0.5) is 0 Å². The summed E-state index contributed by atoms with van der Waals surface area (Å²) in [6.45, 7) is 0. The zero-order valence-corrected chi connectivity index (χ0v) is 13.7. The minimum atomic E-state index is -1.22. The van der Waals surface area contributed by atoms with Gasteiger partial charge in [-0.3, -0.25) is 4.79 Å². The Morgan fingerprint density at radius 1 is 1.21 bits per heavy atom. The van der Waals surface area contributed by atoms with Crippen LogP contribution >= 0.6 is 11.6 Å². The van der Waals surface area contributed by atoms with Crippen molar-refractivity contribution in [3.05, 3.63) is 41.2 Å². The zero-order chi connectivity index (χ0) is 17.2. The van der Waals surface area contributed by atoms with E-state index in [9.17, 15) is 14.7 Å². The first-order valence-corrected chi connectivity index (χ1v) is 8.13. The van der Waals surface area contributed by atoms with Crippen LogP contribution in [0.3, 0.4) is 0 Å². The average Bonchev–Trinajstić information content (AvgIpc) is 3.06. The Labute approximate surface area is 143 Å². The highest BCUT2D eigenvalue weighted by atomic mass is 35.5. The fourth-order valence-corrected chi connectivity index (χ4v) is 3.17. The smallest absolute Gasteiger partial charge is 0.329 e. The number of carboxylic acid groups (broad SMARTS) is 1. The molecule has 7 nitrogen and oxygen atoms in total. The number of aliphatic carboxylic acids is 1. The Balaban J connectivity index is 1.81. The number of para-hydroxylation sites is 1. The molecule has 0 saturated heterocycles. The van der Waals surface area contributed by atoms with Crippen molar-refractivity contribution in [2.24, 2.45) is 0 Å². The first-order valence-electron chi connectivity index (χ1n) is 7.75. The Morgan fingerprint density at radius 2 is 1.92 bits per heavy atom. The van der Waals surface area contributed by atoms with Crippen LogP contribution in [0.2, 0.25) is 5.02 Å². The van der Waals surface area contributed by atoms with Crippen molar-refractivity contribution >= 4 is 23.5 Å². The fourth-order valence-electron chi connectivity index (χ4n) is 2.95. The molecule has 1 fully saturated rings. The second kappa shape index (κ2) is 6.60. The van der Waals surface area contributed by atoms with Gasteiger partial charge in [0.1, 0.15) is 5.54 Å². The maximum absolute atomic E-state index is 12.4. The molecule has 126 valence electrons. The van der Waals surface area contributed by atoms with E-state index < -0.39 is 17.4 Å². The highest BCUT2D eigenvalue weighted by Crippen LogP contribution is 2.29. The number of hydrogen-bond donors (Lipinski definition) is 2. The van der Waals surface area contributed by atoms with E-state index in [1.807, 2.05) is 0 Å². The summed E-state index contributed by atoms with van der Waals surface area (Å²) in [5.41, 5.74) is -0.568. The number of nitrogens with one attached hydrogen (secondary N) is 1. The lowest BCUT2D eigenvalue weighted by atomic mass is 9.81. The van der Waals surface area contributed by atoms with E-state index in [-0.39, 0.29) is 5.69 Å². The maximum atomic E-state index is 12.4. The summed E-state index contributed by atoms with van der Waals surface area (Å²) in [5.74, 6) is -1.55. The third kappa shape index (κ3) is 3.12. The number of benzene rings is 1. The molecule has 0 atom stereocenters. The zero-order valence-electron chi connectivity index (χ0n) is 12.9. The molecular formula is C16H17ClN4O3. The number of amides is 1. The maximum Gasteiger partial charge on any atom is 0.329 e. The molecule has 24 heavy (non-hydrogen) atoms. The van der Waals surface area contributed by atoms with E-state index >= 15 is 0 Å². The Bertz CT molecular complexity index is 768. The molecule has 1 aromatic heterocycles. The molecule has 1 heterocycles. The molecule has 1 amide bonds. The minimum absolute atomic E-state index is 0.0566. The van der Waals surface area contributed by atoms with Gasteiger partial charge in [-0.15, -0.1) is 5.10 Å². The van der Waals surface area contributed by atoms with Crippen LogP contribution in [-0.2, 0) is 4.79 Å². The lowest BCUT2D eigenvalue weighted by Crippen LogP contribution is -2.55. The molecule has 3 rings (SSSR count). The molecular weight excluding hydrogens is 332 g/mol. The largest absolute Gasteiger partial charge is 0.480 e. The van der Waals surface area contributed by atoms with Gasteiger partial charge < -0.3 is 10.4 Å². The lowest BCUT2D eigenvalue weighted by Gasteiger charge is -2.33. The molecule has 2 N–H and O–H groups in total. The number of nitrogens with zero attached hydrogens (tertiary/aromatic N) is 3. The summed E-state index contributed by atoms with van der Waals surface area (Å²) < 4.78 is 1.39. The van der Waals surface area contributed by atoms with E-state index in [1.165, 1.54) is 10.9 Å². The number of carboxylic acids is 1. The molecule has 0 bridgehead atoms. The van der Waals surface area contributed by atoms with Crippen molar-refractivity contribution in [2.75, 3.05) is 0 Å². The molecule has 1 saturated carbocycles. The predicted molar refractivity (Wildman–Crippen MR) is 87.3 cm³/mol. The standard InChI is InChI=1S/C16H17ClN4O3/c17-11-6-2-3-7-13(11)21-10-12(19-20-21)14(22)18-16(15(23)24)8-4-1-5-9-16/h2-3,6-7,10H,1,4-5,8-9H2,(H,18,22)(H,23,24). The van der Waals surface area contributed by atoms with Crippen LogP contribution in [0.25, 0.3) is 5.69 Å². The normalized spacial score (nSPS) is 16.5. The second-order valence-corrected chi connectivity index (χ2v) is 6.31. The van der Waals surface area contributed by atoms with Gasteiger partial charge in [-0.2, -0.15) is 0 Å². The third-order valence-corrected chi connectivity index (χ3v) is 4.61. The molecule has 8 heteroatoms. The third-order valence-electron chi connectivity index (χ3n) is 4.29.